The van der Waals surface area contributed by atoms with Gasteiger partial charge in [0.15, 0.2) is 0 Å². The molecule has 0 spiro atoms. The van der Waals surface area contributed by atoms with Crippen LogP contribution in [0.3, 0.4) is 0 Å². The molecule has 1 aliphatic rings. The van der Waals surface area contributed by atoms with Crippen molar-refractivity contribution < 1.29 is 9.53 Å². The maximum atomic E-state index is 11.8. The summed E-state index contributed by atoms with van der Waals surface area (Å²) >= 11 is 0. The number of amides is 1. The average molecular weight is 278 g/mol. The van der Waals surface area contributed by atoms with E-state index in [1.165, 1.54) is 0 Å². The molecular formula is C14H22N4O2. The van der Waals surface area contributed by atoms with Gasteiger partial charge in [0, 0.05) is 31.9 Å². The molecule has 0 radical (unpaired) electrons. The SMILES string of the molecule is Cc1nccc(CNC2CN(C(=O)OC(C)(C)C)C2)n1. The van der Waals surface area contributed by atoms with E-state index in [1.807, 2.05) is 33.8 Å². The third-order valence-corrected chi connectivity index (χ3v) is 2.94. The first kappa shape index (κ1) is 14.7. The van der Waals surface area contributed by atoms with Crippen molar-refractivity contribution in [1.29, 1.82) is 0 Å². The van der Waals surface area contributed by atoms with Crippen molar-refractivity contribution in [3.05, 3.63) is 23.8 Å². The largest absolute Gasteiger partial charge is 0.444 e. The molecule has 0 atom stereocenters. The Morgan fingerprint density at radius 1 is 1.50 bits per heavy atom. The Balaban J connectivity index is 1.71. The lowest BCUT2D eigenvalue weighted by Gasteiger charge is -2.40. The summed E-state index contributed by atoms with van der Waals surface area (Å²) < 4.78 is 5.31. The quantitative estimate of drug-likeness (QED) is 0.907. The first-order valence-corrected chi connectivity index (χ1v) is 6.83. The van der Waals surface area contributed by atoms with Crippen LogP contribution in [0.4, 0.5) is 4.79 Å². The maximum absolute atomic E-state index is 11.8. The van der Waals surface area contributed by atoms with Crippen LogP contribution in [-0.4, -0.2) is 45.7 Å². The van der Waals surface area contributed by atoms with Gasteiger partial charge in [0.1, 0.15) is 11.4 Å². The predicted molar refractivity (Wildman–Crippen MR) is 75.2 cm³/mol. The van der Waals surface area contributed by atoms with Gasteiger partial charge in [-0.3, -0.25) is 0 Å². The molecule has 1 saturated heterocycles. The third-order valence-electron chi connectivity index (χ3n) is 2.94. The van der Waals surface area contributed by atoms with Crippen LogP contribution >= 0.6 is 0 Å². The van der Waals surface area contributed by atoms with Crippen molar-refractivity contribution in [2.75, 3.05) is 13.1 Å². The first-order valence-electron chi connectivity index (χ1n) is 6.83. The number of likely N-dealkylation sites (tertiary alicyclic amines) is 1. The van der Waals surface area contributed by atoms with Crippen LogP contribution in [0.2, 0.25) is 0 Å². The Hall–Kier alpha value is -1.69. The molecule has 0 unspecified atom stereocenters. The molecule has 1 aromatic rings. The van der Waals surface area contributed by atoms with Crippen molar-refractivity contribution in [1.82, 2.24) is 20.2 Å². The van der Waals surface area contributed by atoms with Gasteiger partial charge < -0.3 is 15.0 Å². The van der Waals surface area contributed by atoms with E-state index < -0.39 is 5.60 Å². The Labute approximate surface area is 119 Å². The fourth-order valence-corrected chi connectivity index (χ4v) is 1.94. The molecule has 2 rings (SSSR count). The lowest BCUT2D eigenvalue weighted by atomic mass is 10.1. The summed E-state index contributed by atoms with van der Waals surface area (Å²) in [6, 6.07) is 2.20. The van der Waals surface area contributed by atoms with Crippen molar-refractivity contribution >= 4 is 6.09 Å². The smallest absolute Gasteiger partial charge is 0.410 e. The normalized spacial score (nSPS) is 15.9. The molecule has 0 bridgehead atoms. The van der Waals surface area contributed by atoms with E-state index in [0.717, 1.165) is 11.5 Å². The van der Waals surface area contributed by atoms with Gasteiger partial charge in [0.2, 0.25) is 0 Å². The van der Waals surface area contributed by atoms with Gasteiger partial charge in [-0.25, -0.2) is 14.8 Å². The first-order chi connectivity index (χ1) is 9.33. The zero-order chi connectivity index (χ0) is 14.8. The van der Waals surface area contributed by atoms with Crippen LogP contribution in [0.1, 0.15) is 32.3 Å². The van der Waals surface area contributed by atoms with Crippen LogP contribution in [0.25, 0.3) is 0 Å². The van der Waals surface area contributed by atoms with E-state index in [2.05, 4.69) is 15.3 Å². The molecule has 0 aromatic carbocycles. The standard InChI is InChI=1S/C14H22N4O2/c1-10-15-6-5-11(17-10)7-16-12-8-18(9-12)13(19)20-14(2,3)4/h5-6,12,16H,7-9H2,1-4H3. The van der Waals surface area contributed by atoms with Gasteiger partial charge in [-0.05, 0) is 33.8 Å². The third kappa shape index (κ3) is 4.16. The zero-order valence-corrected chi connectivity index (χ0v) is 12.5. The molecule has 1 amide bonds. The van der Waals surface area contributed by atoms with Crippen LogP contribution in [0, 0.1) is 6.92 Å². The van der Waals surface area contributed by atoms with E-state index in [0.29, 0.717) is 25.7 Å². The Morgan fingerprint density at radius 2 is 2.20 bits per heavy atom. The fourth-order valence-electron chi connectivity index (χ4n) is 1.94. The Kier molecular flexibility index (Phi) is 4.23. The molecule has 0 saturated carbocycles. The molecule has 2 heterocycles. The number of nitrogens with one attached hydrogen (secondary N) is 1. The summed E-state index contributed by atoms with van der Waals surface area (Å²) in [4.78, 5) is 21.9. The van der Waals surface area contributed by atoms with Gasteiger partial charge in [0.25, 0.3) is 0 Å². The predicted octanol–water partition coefficient (Wildman–Crippen LogP) is 1.49. The summed E-state index contributed by atoms with van der Waals surface area (Å²) in [5.41, 5.74) is 0.530. The number of carbonyl (C=O) groups excluding carboxylic acids is 1. The molecule has 1 fully saturated rings. The van der Waals surface area contributed by atoms with Crippen molar-refractivity contribution in [3.63, 3.8) is 0 Å². The highest BCUT2D eigenvalue weighted by molar-refractivity contribution is 5.69. The Morgan fingerprint density at radius 3 is 2.80 bits per heavy atom. The zero-order valence-electron chi connectivity index (χ0n) is 12.5. The summed E-state index contributed by atoms with van der Waals surface area (Å²) in [5.74, 6) is 0.772. The summed E-state index contributed by atoms with van der Waals surface area (Å²) in [7, 11) is 0. The van der Waals surface area contributed by atoms with Gasteiger partial charge >= 0.3 is 6.09 Å². The van der Waals surface area contributed by atoms with Gasteiger partial charge in [0.05, 0.1) is 5.69 Å². The monoisotopic (exact) mass is 278 g/mol. The Bertz CT molecular complexity index is 478. The molecule has 1 aromatic heterocycles. The number of aromatic nitrogens is 2. The molecule has 6 nitrogen and oxygen atoms in total. The second kappa shape index (κ2) is 5.75. The minimum Gasteiger partial charge on any atom is -0.444 e. The lowest BCUT2D eigenvalue weighted by Crippen LogP contribution is -2.60. The molecule has 20 heavy (non-hydrogen) atoms. The molecule has 110 valence electrons. The van der Waals surface area contributed by atoms with E-state index >= 15 is 0 Å². The number of carbonyl (C=O) groups is 1. The average Bonchev–Trinajstić information content (AvgIpc) is 2.24. The minimum atomic E-state index is -0.436. The number of aryl methyl sites for hydroxylation is 1. The second-order valence-electron chi connectivity index (χ2n) is 6.06. The van der Waals surface area contributed by atoms with Crippen molar-refractivity contribution in [3.8, 4) is 0 Å². The van der Waals surface area contributed by atoms with Crippen LogP contribution in [0.15, 0.2) is 12.3 Å². The van der Waals surface area contributed by atoms with Crippen LogP contribution in [0.5, 0.6) is 0 Å². The molecule has 6 heteroatoms. The van der Waals surface area contributed by atoms with Gasteiger partial charge in [-0.15, -0.1) is 0 Å². The maximum Gasteiger partial charge on any atom is 0.410 e. The number of hydrogen-bond donors (Lipinski definition) is 1. The van der Waals surface area contributed by atoms with E-state index in [-0.39, 0.29) is 6.09 Å². The minimum absolute atomic E-state index is 0.242. The van der Waals surface area contributed by atoms with E-state index in [4.69, 9.17) is 4.74 Å². The highest BCUT2D eigenvalue weighted by Gasteiger charge is 2.33. The molecular weight excluding hydrogens is 256 g/mol. The van der Waals surface area contributed by atoms with Gasteiger partial charge in [-0.2, -0.15) is 0 Å². The van der Waals surface area contributed by atoms with Gasteiger partial charge in [-0.1, -0.05) is 0 Å². The topological polar surface area (TPSA) is 67.4 Å². The number of ether oxygens (including phenoxy) is 1. The molecule has 1 aliphatic heterocycles. The lowest BCUT2D eigenvalue weighted by molar-refractivity contribution is 0.00516. The molecule has 1 N–H and O–H groups in total. The highest BCUT2D eigenvalue weighted by atomic mass is 16.6. The van der Waals surface area contributed by atoms with E-state index in [1.54, 1.807) is 11.1 Å². The second-order valence-corrected chi connectivity index (χ2v) is 6.06. The summed E-state index contributed by atoms with van der Waals surface area (Å²) in [6.07, 6.45) is 1.51. The number of hydrogen-bond acceptors (Lipinski definition) is 5. The summed E-state index contributed by atoms with van der Waals surface area (Å²) in [5, 5.41) is 3.37. The number of nitrogens with zero attached hydrogens (tertiary/aromatic N) is 3. The fraction of sp³-hybridized carbons (Fsp3) is 0.643. The van der Waals surface area contributed by atoms with Crippen molar-refractivity contribution in [2.45, 2.75) is 45.9 Å². The van der Waals surface area contributed by atoms with Crippen molar-refractivity contribution in [2.24, 2.45) is 0 Å². The number of rotatable bonds is 3. The van der Waals surface area contributed by atoms with E-state index in [9.17, 15) is 4.79 Å². The molecule has 0 aliphatic carbocycles. The highest BCUT2D eigenvalue weighted by Crippen LogP contribution is 2.15. The van der Waals surface area contributed by atoms with Crippen LogP contribution in [-0.2, 0) is 11.3 Å². The van der Waals surface area contributed by atoms with Crippen LogP contribution < -0.4 is 5.32 Å². The summed E-state index contributed by atoms with van der Waals surface area (Å²) in [6.45, 7) is 9.54.